The summed E-state index contributed by atoms with van der Waals surface area (Å²) < 4.78 is 10.5. The molecule has 6 heteroatoms. The highest BCUT2D eigenvalue weighted by Crippen LogP contribution is 2.22. The van der Waals surface area contributed by atoms with Crippen molar-refractivity contribution in [2.45, 2.75) is 32.5 Å². The van der Waals surface area contributed by atoms with Gasteiger partial charge in [-0.05, 0) is 44.4 Å². The van der Waals surface area contributed by atoms with Crippen LogP contribution in [0.1, 0.15) is 20.8 Å². The van der Waals surface area contributed by atoms with Crippen LogP contribution in [0.15, 0.2) is 30.5 Å². The highest BCUT2D eigenvalue weighted by molar-refractivity contribution is 6.30. The quantitative estimate of drug-likeness (QED) is 0.692. The number of rotatable bonds is 4. The van der Waals surface area contributed by atoms with Crippen LogP contribution in [0.2, 0.25) is 5.15 Å². The number of carbonyl (C=O) groups excluding carboxylic acids is 1. The van der Waals surface area contributed by atoms with Crippen LogP contribution >= 0.6 is 11.6 Å². The summed E-state index contributed by atoms with van der Waals surface area (Å²) in [4.78, 5) is 15.7. The van der Waals surface area contributed by atoms with E-state index in [1.165, 1.54) is 0 Å². The van der Waals surface area contributed by atoms with Crippen LogP contribution < -0.4 is 4.74 Å². The zero-order valence-electron chi connectivity index (χ0n) is 12.7. The Hall–Kier alpha value is -1.85. The molecule has 1 heterocycles. The summed E-state index contributed by atoms with van der Waals surface area (Å²) in [5, 5.41) is 12.0. The number of nitrogens with zero attached hydrogens (tertiary/aromatic N) is 1. The molecule has 1 atom stereocenters. The zero-order valence-corrected chi connectivity index (χ0v) is 13.4. The van der Waals surface area contributed by atoms with Crippen LogP contribution in [0.5, 0.6) is 5.75 Å². The fourth-order valence-electron chi connectivity index (χ4n) is 1.80. The molecule has 118 valence electrons. The number of aliphatic hydroxyl groups excluding tert-OH is 1. The number of benzene rings is 1. The Morgan fingerprint density at radius 1 is 1.32 bits per heavy atom. The lowest BCUT2D eigenvalue weighted by Gasteiger charge is -2.21. The van der Waals surface area contributed by atoms with Crippen LogP contribution in [-0.2, 0) is 9.53 Å². The summed E-state index contributed by atoms with van der Waals surface area (Å²) in [5.41, 5.74) is -0.647. The lowest BCUT2D eigenvalue weighted by molar-refractivity contribution is -0.166. The van der Waals surface area contributed by atoms with Crippen LogP contribution in [0.25, 0.3) is 10.8 Å². The van der Waals surface area contributed by atoms with Crippen molar-refractivity contribution in [2.75, 3.05) is 6.61 Å². The van der Waals surface area contributed by atoms with Gasteiger partial charge in [-0.3, -0.25) is 0 Å². The van der Waals surface area contributed by atoms with Gasteiger partial charge in [-0.15, -0.1) is 0 Å². The van der Waals surface area contributed by atoms with Crippen molar-refractivity contribution in [1.82, 2.24) is 4.98 Å². The van der Waals surface area contributed by atoms with E-state index in [-0.39, 0.29) is 6.61 Å². The monoisotopic (exact) mass is 323 g/mol. The number of carbonyl (C=O) groups is 1. The van der Waals surface area contributed by atoms with E-state index in [4.69, 9.17) is 21.1 Å². The predicted octanol–water partition coefficient (Wildman–Crippen LogP) is 2.97. The average Bonchev–Trinajstić information content (AvgIpc) is 2.42. The van der Waals surface area contributed by atoms with Gasteiger partial charge in [-0.2, -0.15) is 0 Å². The summed E-state index contributed by atoms with van der Waals surface area (Å²) in [6.07, 6.45) is 0.299. The van der Waals surface area contributed by atoms with E-state index in [1.54, 1.807) is 45.2 Å². The lowest BCUT2D eigenvalue weighted by atomic mass is 10.2. The van der Waals surface area contributed by atoms with Gasteiger partial charge in [0.2, 0.25) is 0 Å². The summed E-state index contributed by atoms with van der Waals surface area (Å²) in [6, 6.07) is 7.08. The number of ether oxygens (including phenoxy) is 2. The molecule has 1 N–H and O–H groups in total. The van der Waals surface area contributed by atoms with Gasteiger partial charge < -0.3 is 14.6 Å². The molecule has 0 aliphatic carbocycles. The molecule has 0 aliphatic heterocycles. The second-order valence-corrected chi connectivity index (χ2v) is 6.26. The molecule has 1 aromatic carbocycles. The minimum atomic E-state index is -1.33. The number of hydrogen-bond acceptors (Lipinski definition) is 5. The number of fused-ring (bicyclic) bond motifs is 1. The molecule has 0 aliphatic rings. The third-order valence-electron chi connectivity index (χ3n) is 2.75. The first-order valence-electron chi connectivity index (χ1n) is 6.84. The Bertz CT molecular complexity index is 681. The minimum Gasteiger partial charge on any atom is -0.490 e. The third kappa shape index (κ3) is 4.58. The fraction of sp³-hybridized carbons (Fsp3) is 0.375. The average molecular weight is 324 g/mol. The molecule has 0 saturated carbocycles. The van der Waals surface area contributed by atoms with Crippen molar-refractivity contribution in [2.24, 2.45) is 0 Å². The van der Waals surface area contributed by atoms with Crippen molar-refractivity contribution >= 4 is 28.3 Å². The van der Waals surface area contributed by atoms with Crippen LogP contribution in [-0.4, -0.2) is 34.4 Å². The molecule has 0 spiro atoms. The maximum atomic E-state index is 11.7. The second kappa shape index (κ2) is 6.50. The zero-order chi connectivity index (χ0) is 16.3. The highest BCUT2D eigenvalue weighted by Gasteiger charge is 2.23. The molecule has 0 bridgehead atoms. The number of pyridine rings is 1. The van der Waals surface area contributed by atoms with Gasteiger partial charge in [0.1, 0.15) is 23.1 Å². The number of hydrogen-bond donors (Lipinski definition) is 1. The van der Waals surface area contributed by atoms with E-state index in [0.717, 1.165) is 10.8 Å². The number of halogens is 1. The topological polar surface area (TPSA) is 68.7 Å². The van der Waals surface area contributed by atoms with Crippen LogP contribution in [0, 0.1) is 0 Å². The highest BCUT2D eigenvalue weighted by atomic mass is 35.5. The third-order valence-corrected chi connectivity index (χ3v) is 2.95. The van der Waals surface area contributed by atoms with Crippen molar-refractivity contribution in [3.63, 3.8) is 0 Å². The second-order valence-electron chi connectivity index (χ2n) is 5.88. The van der Waals surface area contributed by atoms with E-state index < -0.39 is 17.7 Å². The normalized spacial score (nSPS) is 13.0. The minimum absolute atomic E-state index is 0.179. The molecule has 0 radical (unpaired) electrons. The maximum Gasteiger partial charge on any atom is 0.339 e. The molecular formula is C16H18ClNO4. The van der Waals surface area contributed by atoms with Gasteiger partial charge in [0.25, 0.3) is 0 Å². The predicted molar refractivity (Wildman–Crippen MR) is 84.1 cm³/mol. The van der Waals surface area contributed by atoms with Crippen molar-refractivity contribution < 1.29 is 19.4 Å². The first-order chi connectivity index (χ1) is 10.2. The van der Waals surface area contributed by atoms with Crippen molar-refractivity contribution in [3.8, 4) is 5.75 Å². The first kappa shape index (κ1) is 16.5. The Kier molecular flexibility index (Phi) is 4.88. The van der Waals surface area contributed by atoms with E-state index in [2.05, 4.69) is 4.98 Å². The molecule has 0 unspecified atom stereocenters. The molecule has 2 aromatic rings. The smallest absolute Gasteiger partial charge is 0.339 e. The molecule has 22 heavy (non-hydrogen) atoms. The molecule has 5 nitrogen and oxygen atoms in total. The summed E-state index contributed by atoms with van der Waals surface area (Å²) in [7, 11) is 0. The summed E-state index contributed by atoms with van der Waals surface area (Å²) in [6.45, 7) is 5.03. The lowest BCUT2D eigenvalue weighted by Crippen LogP contribution is -2.35. The summed E-state index contributed by atoms with van der Waals surface area (Å²) >= 11 is 5.82. The van der Waals surface area contributed by atoms with Gasteiger partial charge in [0.05, 0.1) is 0 Å². The Morgan fingerprint density at radius 2 is 2.05 bits per heavy atom. The van der Waals surface area contributed by atoms with Crippen molar-refractivity contribution in [1.29, 1.82) is 0 Å². The molecule has 1 aromatic heterocycles. The number of esters is 1. The number of aromatic nitrogens is 1. The Morgan fingerprint density at radius 3 is 2.73 bits per heavy atom. The van der Waals surface area contributed by atoms with Crippen LogP contribution in [0.4, 0.5) is 0 Å². The van der Waals surface area contributed by atoms with Gasteiger partial charge in [0.15, 0.2) is 6.10 Å². The molecule has 0 fully saturated rings. The molecule has 0 saturated heterocycles. The number of aliphatic hydroxyl groups is 1. The van der Waals surface area contributed by atoms with E-state index >= 15 is 0 Å². The Labute approximate surface area is 133 Å². The molecule has 2 rings (SSSR count). The van der Waals surface area contributed by atoms with E-state index in [9.17, 15) is 9.90 Å². The van der Waals surface area contributed by atoms with Gasteiger partial charge >= 0.3 is 5.97 Å². The van der Waals surface area contributed by atoms with Crippen molar-refractivity contribution in [3.05, 3.63) is 35.6 Å². The largest absolute Gasteiger partial charge is 0.490 e. The molecular weight excluding hydrogens is 306 g/mol. The Balaban J connectivity index is 1.99. The summed E-state index contributed by atoms with van der Waals surface area (Å²) in [5.74, 6) is -0.180. The van der Waals surface area contributed by atoms with Gasteiger partial charge in [-0.25, -0.2) is 9.78 Å². The van der Waals surface area contributed by atoms with E-state index in [1.807, 2.05) is 6.07 Å². The van der Waals surface area contributed by atoms with Gasteiger partial charge in [0, 0.05) is 11.6 Å². The SMILES string of the molecule is CC(C)(C)OC(=O)[C@H](O)COc1ccc2cc(Cl)ncc2c1. The van der Waals surface area contributed by atoms with Gasteiger partial charge in [-0.1, -0.05) is 17.7 Å². The standard InChI is InChI=1S/C16H18ClNO4/c1-16(2,3)22-15(20)13(19)9-21-12-5-4-10-7-14(17)18-8-11(10)6-12/h4-8,13,19H,9H2,1-3H3/t13-/m1/s1. The molecule has 0 amide bonds. The fourth-order valence-corrected chi connectivity index (χ4v) is 1.96. The maximum absolute atomic E-state index is 11.7. The van der Waals surface area contributed by atoms with Crippen LogP contribution in [0.3, 0.4) is 0 Å². The van der Waals surface area contributed by atoms with E-state index in [0.29, 0.717) is 10.9 Å². The first-order valence-corrected chi connectivity index (χ1v) is 7.21.